The molecule has 2 heterocycles. The minimum absolute atomic E-state index is 0. The molecular weight excluding hydrogens is 502 g/mol. The Balaban J connectivity index is 0.000000253. The van der Waals surface area contributed by atoms with Crippen LogP contribution in [0, 0.1) is 13.8 Å². The average molecular weight is 537 g/mol. The van der Waals surface area contributed by atoms with Crippen LogP contribution in [0.15, 0.2) is 48.8 Å². The third-order valence-corrected chi connectivity index (χ3v) is 6.15. The first kappa shape index (κ1) is 30.1. The van der Waals surface area contributed by atoms with Crippen LogP contribution in [-0.2, 0) is 0 Å². The van der Waals surface area contributed by atoms with Crippen molar-refractivity contribution in [3.05, 3.63) is 65.5 Å². The van der Waals surface area contributed by atoms with Crippen molar-refractivity contribution in [1.29, 1.82) is 0 Å². The number of ether oxygens (including phenoxy) is 4. The van der Waals surface area contributed by atoms with Crippen LogP contribution >= 0.6 is 12.4 Å². The maximum atomic E-state index is 12.5. The van der Waals surface area contributed by atoms with Crippen LogP contribution in [0.2, 0.25) is 0 Å². The van der Waals surface area contributed by atoms with Crippen LogP contribution in [0.4, 0.5) is 8.78 Å². The minimum atomic E-state index is -0.862. The molecule has 0 spiro atoms. The molecule has 1 aromatic heterocycles. The van der Waals surface area contributed by atoms with E-state index < -0.39 is 13.7 Å². The number of nitrogens with one attached hydrogen (secondary N) is 1. The summed E-state index contributed by atoms with van der Waals surface area (Å²) in [6.07, 6.45) is 5.62. The Morgan fingerprint density at radius 1 is 0.919 bits per heavy atom. The van der Waals surface area contributed by atoms with Crippen molar-refractivity contribution in [1.82, 2.24) is 10.3 Å². The lowest BCUT2D eigenvalue weighted by atomic mass is 9.90. The lowest BCUT2D eigenvalue weighted by molar-refractivity contribution is 0.188. The maximum absolute atomic E-state index is 12.5. The summed E-state index contributed by atoms with van der Waals surface area (Å²) in [5, 5.41) is 3.36. The average Bonchev–Trinajstić information content (AvgIpc) is 2.91. The van der Waals surface area contributed by atoms with E-state index >= 15 is 0 Å². The first-order chi connectivity index (χ1) is 17.5. The van der Waals surface area contributed by atoms with Crippen molar-refractivity contribution < 1.29 is 27.7 Å². The summed E-state index contributed by atoms with van der Waals surface area (Å²) in [6, 6.07) is 11.2. The van der Waals surface area contributed by atoms with Crippen molar-refractivity contribution in [3.8, 4) is 34.1 Å². The van der Waals surface area contributed by atoms with Crippen LogP contribution in [0.25, 0.3) is 11.1 Å². The largest absolute Gasteiger partial charge is 0.496 e. The SMILES string of the molecule is COc1cc(-c2cccnc2)c(OCF)cc1C.COc1cc([C@@H]2CCCNC2)c(OCF)cc1C.Cl. The standard InChI is InChI=1S/C14H20FNO2.C14H14FNO2.ClH/c2*1-10-6-14(18-9-15)12(7-13(10)17-2)11-4-3-5-16-8-11;/h6-7,11,16H,3-5,8-9H2,1-2H3;3-8H,9H2,1-2H3;1H/t11-;;/m1../s1. The molecule has 0 aliphatic carbocycles. The van der Waals surface area contributed by atoms with E-state index in [-0.39, 0.29) is 12.4 Å². The fraction of sp³-hybridized carbons (Fsp3) is 0.393. The zero-order chi connectivity index (χ0) is 25.9. The van der Waals surface area contributed by atoms with Gasteiger partial charge in [0.15, 0.2) is 0 Å². The Kier molecular flexibility index (Phi) is 12.4. The van der Waals surface area contributed by atoms with Crippen LogP contribution < -0.4 is 24.3 Å². The topological polar surface area (TPSA) is 61.8 Å². The second kappa shape index (κ2) is 15.2. The van der Waals surface area contributed by atoms with E-state index in [2.05, 4.69) is 10.3 Å². The highest BCUT2D eigenvalue weighted by molar-refractivity contribution is 5.85. The van der Waals surface area contributed by atoms with E-state index in [0.29, 0.717) is 17.4 Å². The highest BCUT2D eigenvalue weighted by atomic mass is 35.5. The predicted octanol–water partition coefficient (Wildman–Crippen LogP) is 6.57. The summed E-state index contributed by atoms with van der Waals surface area (Å²) in [5.74, 6) is 3.07. The number of aromatic nitrogens is 1. The summed E-state index contributed by atoms with van der Waals surface area (Å²) in [4.78, 5) is 4.05. The fourth-order valence-corrected chi connectivity index (χ4v) is 4.32. The van der Waals surface area contributed by atoms with Gasteiger partial charge in [-0.1, -0.05) is 6.07 Å². The van der Waals surface area contributed by atoms with Crippen molar-refractivity contribution in [3.63, 3.8) is 0 Å². The molecule has 0 unspecified atom stereocenters. The van der Waals surface area contributed by atoms with Gasteiger partial charge in [0, 0.05) is 41.5 Å². The van der Waals surface area contributed by atoms with Gasteiger partial charge in [-0.2, -0.15) is 0 Å². The molecule has 1 aliphatic rings. The first-order valence-electron chi connectivity index (χ1n) is 11.9. The number of piperidine rings is 1. The molecule has 202 valence electrons. The maximum Gasteiger partial charge on any atom is 0.228 e. The Bertz CT molecular complexity index is 1110. The van der Waals surface area contributed by atoms with Crippen molar-refractivity contribution in [2.75, 3.05) is 41.0 Å². The number of rotatable bonds is 8. The number of benzene rings is 2. The number of pyridine rings is 1. The lowest BCUT2D eigenvalue weighted by Crippen LogP contribution is -2.28. The predicted molar refractivity (Wildman–Crippen MR) is 144 cm³/mol. The monoisotopic (exact) mass is 536 g/mol. The molecule has 4 rings (SSSR count). The highest BCUT2D eigenvalue weighted by Crippen LogP contribution is 2.37. The summed E-state index contributed by atoms with van der Waals surface area (Å²) >= 11 is 0. The summed E-state index contributed by atoms with van der Waals surface area (Å²) < 4.78 is 45.6. The van der Waals surface area contributed by atoms with Crippen LogP contribution in [0.5, 0.6) is 23.0 Å². The Morgan fingerprint density at radius 3 is 2.14 bits per heavy atom. The smallest absolute Gasteiger partial charge is 0.228 e. The molecule has 1 N–H and O–H groups in total. The van der Waals surface area contributed by atoms with Gasteiger partial charge < -0.3 is 24.3 Å². The molecule has 0 bridgehead atoms. The van der Waals surface area contributed by atoms with Crippen LogP contribution in [-0.4, -0.2) is 46.0 Å². The number of nitrogens with zero attached hydrogens (tertiary/aromatic N) is 1. The summed E-state index contributed by atoms with van der Waals surface area (Å²) in [5.41, 5.74) is 4.53. The van der Waals surface area contributed by atoms with Crippen LogP contribution in [0.1, 0.15) is 35.4 Å². The summed E-state index contributed by atoms with van der Waals surface area (Å²) in [6.45, 7) is 4.13. The molecule has 9 heteroatoms. The number of hydrogen-bond donors (Lipinski definition) is 1. The molecule has 1 fully saturated rings. The van der Waals surface area contributed by atoms with E-state index in [1.807, 2.05) is 44.2 Å². The van der Waals surface area contributed by atoms with Crippen molar-refractivity contribution in [2.24, 2.45) is 0 Å². The second-order valence-electron chi connectivity index (χ2n) is 8.47. The van der Waals surface area contributed by atoms with E-state index in [0.717, 1.165) is 65.2 Å². The van der Waals surface area contributed by atoms with E-state index in [1.54, 1.807) is 32.7 Å². The Labute approximate surface area is 223 Å². The van der Waals surface area contributed by atoms with Crippen LogP contribution in [0.3, 0.4) is 0 Å². The first-order valence-corrected chi connectivity index (χ1v) is 11.9. The number of hydrogen-bond acceptors (Lipinski definition) is 6. The molecule has 0 radical (unpaired) electrons. The number of aryl methyl sites for hydroxylation is 2. The third kappa shape index (κ3) is 7.94. The van der Waals surface area contributed by atoms with E-state index in [1.165, 1.54) is 0 Å². The van der Waals surface area contributed by atoms with Gasteiger partial charge in [0.25, 0.3) is 0 Å². The molecule has 3 aromatic rings. The van der Waals surface area contributed by atoms with Gasteiger partial charge in [0.2, 0.25) is 13.7 Å². The Hall–Kier alpha value is -3.10. The van der Waals surface area contributed by atoms with Gasteiger partial charge >= 0.3 is 0 Å². The lowest BCUT2D eigenvalue weighted by Gasteiger charge is -2.25. The molecule has 1 atom stereocenters. The Morgan fingerprint density at radius 2 is 1.57 bits per heavy atom. The number of methoxy groups -OCH3 is 2. The van der Waals surface area contributed by atoms with E-state index in [4.69, 9.17) is 18.9 Å². The molecule has 6 nitrogen and oxygen atoms in total. The normalized spacial score (nSPS) is 14.5. The van der Waals surface area contributed by atoms with Crippen molar-refractivity contribution in [2.45, 2.75) is 32.6 Å². The van der Waals surface area contributed by atoms with Crippen molar-refractivity contribution >= 4 is 12.4 Å². The second-order valence-corrected chi connectivity index (χ2v) is 8.47. The molecule has 1 aliphatic heterocycles. The molecule has 2 aromatic carbocycles. The van der Waals surface area contributed by atoms with Gasteiger partial charge in [0.1, 0.15) is 23.0 Å². The minimum Gasteiger partial charge on any atom is -0.496 e. The molecular formula is C28H35ClF2N2O4. The zero-order valence-corrected chi connectivity index (χ0v) is 22.5. The summed E-state index contributed by atoms with van der Waals surface area (Å²) in [7, 11) is 3.26. The molecule has 37 heavy (non-hydrogen) atoms. The van der Waals surface area contributed by atoms with Gasteiger partial charge in [-0.15, -0.1) is 12.4 Å². The number of halogens is 3. The fourth-order valence-electron chi connectivity index (χ4n) is 4.32. The molecule has 0 amide bonds. The zero-order valence-electron chi connectivity index (χ0n) is 21.7. The van der Waals surface area contributed by atoms with Gasteiger partial charge in [-0.25, -0.2) is 8.78 Å². The van der Waals surface area contributed by atoms with Gasteiger partial charge in [-0.3, -0.25) is 4.98 Å². The van der Waals surface area contributed by atoms with Gasteiger partial charge in [0.05, 0.1) is 14.2 Å². The quantitative estimate of drug-likeness (QED) is 0.351. The van der Waals surface area contributed by atoms with E-state index in [9.17, 15) is 8.78 Å². The molecule has 1 saturated heterocycles. The molecule has 0 saturated carbocycles. The highest BCUT2D eigenvalue weighted by Gasteiger charge is 2.21. The van der Waals surface area contributed by atoms with Gasteiger partial charge in [-0.05, 0) is 74.7 Å². The number of alkyl halides is 2. The third-order valence-electron chi connectivity index (χ3n) is 6.15.